The Balaban J connectivity index is 1.43. The number of hydrogen-bond donors (Lipinski definition) is 0. The Labute approximate surface area is 228 Å². The van der Waals surface area contributed by atoms with E-state index < -0.39 is 0 Å². The first kappa shape index (κ1) is 24.7. The number of thioether (sulfide) groups is 4. The summed E-state index contributed by atoms with van der Waals surface area (Å²) in [6.07, 6.45) is 0. The Morgan fingerprint density at radius 1 is 0.294 bits per heavy atom. The van der Waals surface area contributed by atoms with Gasteiger partial charge in [-0.1, -0.05) is 72.1 Å². The van der Waals surface area contributed by atoms with Gasteiger partial charge in [0.1, 0.15) is 0 Å². The summed E-state index contributed by atoms with van der Waals surface area (Å²) in [6.45, 7) is 0. The minimum atomic E-state index is 1.09. The van der Waals surface area contributed by atoms with Gasteiger partial charge in [-0.05, 0) is 48.5 Å². The third kappa shape index (κ3) is 6.59. The summed E-state index contributed by atoms with van der Waals surface area (Å²) >= 11 is 11.7. The first-order valence-corrected chi connectivity index (χ1v) is 16.7. The Morgan fingerprint density at radius 2 is 0.500 bits per heavy atom. The Kier molecular flexibility index (Phi) is 9.28. The van der Waals surface area contributed by atoms with Crippen LogP contribution in [0.15, 0.2) is 136 Å². The molecule has 1 aliphatic rings. The zero-order chi connectivity index (χ0) is 23.0. The summed E-state index contributed by atoms with van der Waals surface area (Å²) < 4.78 is 0. The molecule has 6 heteroatoms. The smallest absolute Gasteiger partial charge is 0.0258 e. The van der Waals surface area contributed by atoms with Crippen LogP contribution in [0.4, 0.5) is 0 Å². The molecule has 0 aromatic heterocycles. The van der Waals surface area contributed by atoms with Gasteiger partial charge in [0, 0.05) is 62.2 Å². The molecule has 1 heterocycles. The lowest BCUT2D eigenvalue weighted by Gasteiger charge is -2.14. The first-order valence-electron chi connectivity index (χ1n) is 11.1. The zero-order valence-corrected chi connectivity index (χ0v) is 23.4. The molecule has 0 bridgehead atoms. The van der Waals surface area contributed by atoms with E-state index in [0.29, 0.717) is 0 Å². The molecular weight excluding hydrogens is 529 g/mol. The molecule has 0 nitrogen and oxygen atoms in total. The van der Waals surface area contributed by atoms with E-state index in [0.717, 1.165) is 23.0 Å². The van der Waals surface area contributed by atoms with Crippen LogP contribution in [-0.4, -0.2) is 23.0 Å². The molecule has 1 aliphatic heterocycles. The van der Waals surface area contributed by atoms with Gasteiger partial charge in [-0.25, -0.2) is 0 Å². The fraction of sp³-hybridized carbons (Fsp3) is 0.143. The molecule has 4 aromatic carbocycles. The standard InChI is InChI=1S/C28H24S6/c1-5-13-25-21(9-1)29-17-18-30-23-11-3-7-15-27(23)34-28-16-8-4-12-24(28)32-20-19-31-22-10-2-6-14-26(22)33-25/h1-16H,17-20H2. The molecule has 0 aliphatic carbocycles. The molecule has 4 aromatic rings. The monoisotopic (exact) mass is 552 g/mol. The highest BCUT2D eigenvalue weighted by atomic mass is 32.2. The molecule has 0 saturated heterocycles. The summed E-state index contributed by atoms with van der Waals surface area (Å²) in [7, 11) is 0. The largest absolute Gasteiger partial charge is 0.124 e. The van der Waals surface area contributed by atoms with Gasteiger partial charge in [-0.15, -0.1) is 47.0 Å². The maximum Gasteiger partial charge on any atom is 0.0258 e. The average Bonchev–Trinajstić information content (AvgIpc) is 2.87. The molecule has 5 rings (SSSR count). The van der Waals surface area contributed by atoms with Gasteiger partial charge in [0.2, 0.25) is 0 Å². The highest BCUT2D eigenvalue weighted by molar-refractivity contribution is 8.06. The third-order valence-corrected chi connectivity index (χ3v) is 12.7. The minimum Gasteiger partial charge on any atom is -0.124 e. The van der Waals surface area contributed by atoms with E-state index in [1.165, 1.54) is 39.2 Å². The third-order valence-electron chi connectivity index (χ3n) is 5.03. The SMILES string of the molecule is c1ccc2c(c1)SCCSc1ccccc1Sc1ccccc1SCCSc1ccccc1S2. The highest BCUT2D eigenvalue weighted by Crippen LogP contribution is 2.43. The Bertz CT molecular complexity index is 1050. The van der Waals surface area contributed by atoms with Crippen LogP contribution in [0.2, 0.25) is 0 Å². The van der Waals surface area contributed by atoms with E-state index in [1.54, 1.807) is 0 Å². The van der Waals surface area contributed by atoms with Crippen molar-refractivity contribution in [1.29, 1.82) is 0 Å². The number of hydrogen-bond acceptors (Lipinski definition) is 6. The fourth-order valence-corrected chi connectivity index (χ4v) is 10.2. The van der Waals surface area contributed by atoms with Crippen LogP contribution in [0, 0.1) is 0 Å². The van der Waals surface area contributed by atoms with E-state index in [4.69, 9.17) is 0 Å². The van der Waals surface area contributed by atoms with Gasteiger partial charge in [0.15, 0.2) is 0 Å². The first-order chi connectivity index (χ1) is 16.9. The van der Waals surface area contributed by atoms with Gasteiger partial charge >= 0.3 is 0 Å². The molecule has 0 N–H and O–H groups in total. The van der Waals surface area contributed by atoms with E-state index in [2.05, 4.69) is 97.1 Å². The molecule has 0 saturated carbocycles. The second-order valence-corrected chi connectivity index (χ2v) is 14.1. The lowest BCUT2D eigenvalue weighted by Crippen LogP contribution is -1.90. The topological polar surface area (TPSA) is 0 Å². The lowest BCUT2D eigenvalue weighted by molar-refractivity contribution is 1.19. The molecule has 0 fully saturated rings. The number of rotatable bonds is 0. The minimum absolute atomic E-state index is 1.09. The molecule has 0 atom stereocenters. The molecule has 0 amide bonds. The summed E-state index contributed by atoms with van der Waals surface area (Å²) in [4.78, 5) is 10.9. The maximum atomic E-state index is 2.27. The van der Waals surface area contributed by atoms with Crippen LogP contribution in [0.3, 0.4) is 0 Å². The van der Waals surface area contributed by atoms with Crippen molar-refractivity contribution >= 4 is 70.6 Å². The Morgan fingerprint density at radius 3 is 0.735 bits per heavy atom. The van der Waals surface area contributed by atoms with E-state index in [-0.39, 0.29) is 0 Å². The predicted octanol–water partition coefficient (Wildman–Crippen LogP) is 10.1. The fourth-order valence-electron chi connectivity index (χ4n) is 3.46. The van der Waals surface area contributed by atoms with Gasteiger partial charge in [-0.3, -0.25) is 0 Å². The molecule has 0 unspecified atom stereocenters. The molecule has 0 radical (unpaired) electrons. The van der Waals surface area contributed by atoms with Gasteiger partial charge in [0.25, 0.3) is 0 Å². The van der Waals surface area contributed by atoms with E-state index >= 15 is 0 Å². The van der Waals surface area contributed by atoms with E-state index in [9.17, 15) is 0 Å². The second kappa shape index (κ2) is 12.8. The second-order valence-electron chi connectivity index (χ2n) is 7.38. The number of fused-ring (bicyclic) bond motifs is 4. The zero-order valence-electron chi connectivity index (χ0n) is 18.5. The van der Waals surface area contributed by atoms with Crippen LogP contribution in [0.5, 0.6) is 0 Å². The summed E-state index contributed by atoms with van der Waals surface area (Å²) in [5, 5.41) is 0. The Hall–Kier alpha value is -1.02. The van der Waals surface area contributed by atoms with Crippen LogP contribution in [0.25, 0.3) is 0 Å². The summed E-state index contributed by atoms with van der Waals surface area (Å²) in [5.41, 5.74) is 0. The molecule has 0 spiro atoms. The van der Waals surface area contributed by atoms with Gasteiger partial charge in [-0.2, -0.15) is 0 Å². The van der Waals surface area contributed by atoms with Crippen LogP contribution in [0.1, 0.15) is 0 Å². The molecule has 34 heavy (non-hydrogen) atoms. The van der Waals surface area contributed by atoms with E-state index in [1.807, 2.05) is 70.6 Å². The van der Waals surface area contributed by atoms with Crippen molar-refractivity contribution in [2.24, 2.45) is 0 Å². The maximum absolute atomic E-state index is 2.27. The van der Waals surface area contributed by atoms with Crippen molar-refractivity contribution in [3.8, 4) is 0 Å². The van der Waals surface area contributed by atoms with Crippen molar-refractivity contribution in [3.05, 3.63) is 97.1 Å². The van der Waals surface area contributed by atoms with Gasteiger partial charge < -0.3 is 0 Å². The summed E-state index contributed by atoms with van der Waals surface area (Å²) in [6, 6.07) is 35.4. The van der Waals surface area contributed by atoms with Crippen molar-refractivity contribution in [3.63, 3.8) is 0 Å². The molecular formula is C28H24S6. The predicted molar refractivity (Wildman–Crippen MR) is 157 cm³/mol. The average molecular weight is 553 g/mol. The van der Waals surface area contributed by atoms with Crippen LogP contribution < -0.4 is 0 Å². The van der Waals surface area contributed by atoms with Crippen molar-refractivity contribution in [1.82, 2.24) is 0 Å². The number of benzene rings is 4. The van der Waals surface area contributed by atoms with Crippen molar-refractivity contribution < 1.29 is 0 Å². The van der Waals surface area contributed by atoms with Crippen LogP contribution in [-0.2, 0) is 0 Å². The van der Waals surface area contributed by atoms with Crippen molar-refractivity contribution in [2.45, 2.75) is 39.2 Å². The quantitative estimate of drug-likeness (QED) is 0.211. The lowest BCUT2D eigenvalue weighted by atomic mass is 10.4. The van der Waals surface area contributed by atoms with Crippen LogP contribution >= 0.6 is 70.6 Å². The normalized spacial score (nSPS) is 15.1. The molecule has 172 valence electrons. The summed E-state index contributed by atoms with van der Waals surface area (Å²) in [5.74, 6) is 4.35. The van der Waals surface area contributed by atoms with Gasteiger partial charge in [0.05, 0.1) is 0 Å². The van der Waals surface area contributed by atoms with Crippen molar-refractivity contribution in [2.75, 3.05) is 23.0 Å². The highest BCUT2D eigenvalue weighted by Gasteiger charge is 2.12.